The van der Waals surface area contributed by atoms with Crippen molar-refractivity contribution in [3.63, 3.8) is 0 Å². The molecule has 1 aromatic rings. The number of benzene rings is 1. The van der Waals surface area contributed by atoms with Gasteiger partial charge in [-0.05, 0) is 25.5 Å². The highest BCUT2D eigenvalue weighted by Crippen LogP contribution is 2.56. The molecule has 7 heteroatoms. The van der Waals surface area contributed by atoms with E-state index in [4.69, 9.17) is 5.11 Å². The normalized spacial score (nSPS) is 22.4. The average molecular weight is 320 g/mol. The first-order valence-corrected chi connectivity index (χ1v) is 7.93. The Hall–Kier alpha value is -2.02. The lowest BCUT2D eigenvalue weighted by atomic mass is 10.1. The smallest absolute Gasteiger partial charge is 0.323 e. The summed E-state index contributed by atoms with van der Waals surface area (Å²) >= 11 is 1.36. The van der Waals surface area contributed by atoms with E-state index in [0.717, 1.165) is 10.6 Å². The molecule has 6 nitrogen and oxygen atoms in total. The molecule has 2 amide bonds. The molecular formula is C15H16N2O4S. The molecule has 0 radical (unpaired) electrons. The molecule has 1 saturated heterocycles. The zero-order chi connectivity index (χ0) is 15.9. The second-order valence-electron chi connectivity index (χ2n) is 5.30. The molecule has 2 heterocycles. The van der Waals surface area contributed by atoms with Crippen LogP contribution in [-0.2, 0) is 14.4 Å². The number of aliphatic carboxylic acids is 1. The van der Waals surface area contributed by atoms with E-state index in [1.54, 1.807) is 11.8 Å². The van der Waals surface area contributed by atoms with E-state index in [2.05, 4.69) is 0 Å². The number of para-hydroxylation sites is 1. The minimum absolute atomic E-state index is 0.0859. The molecular weight excluding hydrogens is 304 g/mol. The molecule has 0 spiro atoms. The number of carboxylic acid groups (broad SMARTS) is 1. The fraction of sp³-hybridized carbons (Fsp3) is 0.400. The van der Waals surface area contributed by atoms with Crippen molar-refractivity contribution in [1.82, 2.24) is 4.90 Å². The number of thioether (sulfide) groups is 1. The summed E-state index contributed by atoms with van der Waals surface area (Å²) < 4.78 is 0. The molecule has 1 atom stereocenters. The Kier molecular flexibility index (Phi) is 3.60. The quantitative estimate of drug-likeness (QED) is 0.910. The third-order valence-corrected chi connectivity index (χ3v) is 5.47. The number of anilines is 1. The Morgan fingerprint density at radius 3 is 2.82 bits per heavy atom. The molecule has 1 fully saturated rings. The molecule has 22 heavy (non-hydrogen) atoms. The van der Waals surface area contributed by atoms with Crippen molar-refractivity contribution < 1.29 is 19.5 Å². The van der Waals surface area contributed by atoms with Gasteiger partial charge in [0.25, 0.3) is 5.91 Å². The fourth-order valence-electron chi connectivity index (χ4n) is 3.02. The number of likely N-dealkylation sites (N-methyl/N-ethyl adjacent to an activating group) is 1. The van der Waals surface area contributed by atoms with Gasteiger partial charge in [0.15, 0.2) is 4.87 Å². The summed E-state index contributed by atoms with van der Waals surface area (Å²) in [5.41, 5.74) is 0.745. The number of hydrogen-bond acceptors (Lipinski definition) is 4. The van der Waals surface area contributed by atoms with Crippen LogP contribution in [0.1, 0.15) is 19.8 Å². The molecule has 3 rings (SSSR count). The average Bonchev–Trinajstić information content (AvgIpc) is 3.00. The number of amides is 2. The monoisotopic (exact) mass is 320 g/mol. The predicted molar refractivity (Wildman–Crippen MR) is 81.6 cm³/mol. The van der Waals surface area contributed by atoms with Gasteiger partial charge in [0.1, 0.15) is 6.54 Å². The van der Waals surface area contributed by atoms with Gasteiger partial charge in [0.2, 0.25) is 5.91 Å². The van der Waals surface area contributed by atoms with Crippen LogP contribution in [0.15, 0.2) is 29.2 Å². The number of carbonyl (C=O) groups excluding carboxylic acids is 2. The molecule has 116 valence electrons. The standard InChI is InChI=1S/C15H16N2O4S/c1-2-16(9-13(19)20)14(21)15-8-7-12(18)17(15)10-5-3-4-6-11(10)22-15/h3-6H,2,7-9H2,1H3,(H,19,20). The number of carboxylic acids is 1. The first kappa shape index (κ1) is 14.9. The van der Waals surface area contributed by atoms with Crippen molar-refractivity contribution in [3.8, 4) is 0 Å². The largest absolute Gasteiger partial charge is 0.480 e. The van der Waals surface area contributed by atoms with E-state index in [-0.39, 0.29) is 18.4 Å². The van der Waals surface area contributed by atoms with Gasteiger partial charge in [0, 0.05) is 17.9 Å². The minimum Gasteiger partial charge on any atom is -0.480 e. The molecule has 0 aliphatic carbocycles. The zero-order valence-corrected chi connectivity index (χ0v) is 12.9. The van der Waals surface area contributed by atoms with Crippen LogP contribution in [0.25, 0.3) is 0 Å². The lowest BCUT2D eigenvalue weighted by Gasteiger charge is -2.34. The summed E-state index contributed by atoms with van der Waals surface area (Å²) in [7, 11) is 0. The van der Waals surface area contributed by atoms with Crippen LogP contribution < -0.4 is 4.90 Å². The molecule has 0 bridgehead atoms. The summed E-state index contributed by atoms with van der Waals surface area (Å²) in [5, 5.41) is 8.99. The Bertz CT molecular complexity index is 663. The predicted octanol–water partition coefficient (Wildman–Crippen LogP) is 1.55. The third-order valence-electron chi connectivity index (χ3n) is 4.00. The van der Waals surface area contributed by atoms with Crippen molar-refractivity contribution in [3.05, 3.63) is 24.3 Å². The van der Waals surface area contributed by atoms with Crippen molar-refractivity contribution >= 4 is 35.2 Å². The Morgan fingerprint density at radius 1 is 1.41 bits per heavy atom. The summed E-state index contributed by atoms with van der Waals surface area (Å²) in [5.74, 6) is -1.44. The zero-order valence-electron chi connectivity index (χ0n) is 12.1. The van der Waals surface area contributed by atoms with E-state index in [9.17, 15) is 14.4 Å². The van der Waals surface area contributed by atoms with Gasteiger partial charge in [0.05, 0.1) is 5.69 Å². The van der Waals surface area contributed by atoms with Crippen LogP contribution in [0, 0.1) is 0 Å². The lowest BCUT2D eigenvalue weighted by molar-refractivity contribution is -0.145. The number of rotatable bonds is 4. The molecule has 0 aromatic heterocycles. The van der Waals surface area contributed by atoms with Crippen LogP contribution in [0.4, 0.5) is 5.69 Å². The van der Waals surface area contributed by atoms with Gasteiger partial charge in [-0.15, -0.1) is 0 Å². The maximum Gasteiger partial charge on any atom is 0.323 e. The highest BCUT2D eigenvalue weighted by atomic mass is 32.2. The van der Waals surface area contributed by atoms with Crippen LogP contribution in [0.5, 0.6) is 0 Å². The maximum atomic E-state index is 13.0. The molecule has 2 aliphatic rings. The highest BCUT2D eigenvalue weighted by Gasteiger charge is 2.58. The van der Waals surface area contributed by atoms with Crippen LogP contribution in [0.2, 0.25) is 0 Å². The Labute approximate surface area is 132 Å². The molecule has 2 aliphatic heterocycles. The minimum atomic E-state index is -1.05. The number of carbonyl (C=O) groups is 3. The van der Waals surface area contributed by atoms with Crippen LogP contribution >= 0.6 is 11.8 Å². The summed E-state index contributed by atoms with van der Waals surface area (Å²) in [6, 6.07) is 7.41. The maximum absolute atomic E-state index is 13.0. The molecule has 1 unspecified atom stereocenters. The summed E-state index contributed by atoms with van der Waals surface area (Å²) in [4.78, 5) is 39.0. The second-order valence-corrected chi connectivity index (χ2v) is 6.62. The number of hydrogen-bond donors (Lipinski definition) is 1. The van der Waals surface area contributed by atoms with E-state index in [0.29, 0.717) is 19.4 Å². The molecule has 1 aromatic carbocycles. The van der Waals surface area contributed by atoms with E-state index in [1.807, 2.05) is 24.3 Å². The van der Waals surface area contributed by atoms with E-state index >= 15 is 0 Å². The van der Waals surface area contributed by atoms with Crippen molar-refractivity contribution in [2.75, 3.05) is 18.0 Å². The number of nitrogens with zero attached hydrogens (tertiary/aromatic N) is 2. The first-order valence-electron chi connectivity index (χ1n) is 7.12. The van der Waals surface area contributed by atoms with E-state index < -0.39 is 10.8 Å². The first-order chi connectivity index (χ1) is 10.5. The van der Waals surface area contributed by atoms with Crippen LogP contribution in [-0.4, -0.2) is 45.8 Å². The molecule has 0 saturated carbocycles. The summed E-state index contributed by atoms with van der Waals surface area (Å²) in [6.07, 6.45) is 0.706. The van der Waals surface area contributed by atoms with Gasteiger partial charge >= 0.3 is 5.97 Å². The Morgan fingerprint density at radius 2 is 2.14 bits per heavy atom. The summed E-state index contributed by atoms with van der Waals surface area (Å²) in [6.45, 7) is 1.69. The van der Waals surface area contributed by atoms with Gasteiger partial charge < -0.3 is 10.0 Å². The fourth-order valence-corrected chi connectivity index (χ4v) is 4.51. The highest BCUT2D eigenvalue weighted by molar-refractivity contribution is 8.02. The topological polar surface area (TPSA) is 77.9 Å². The SMILES string of the molecule is CCN(CC(=O)O)C(=O)C12CCC(=O)N1c1ccccc1S2. The van der Waals surface area contributed by atoms with Crippen molar-refractivity contribution in [1.29, 1.82) is 0 Å². The third kappa shape index (κ3) is 2.08. The number of fused-ring (bicyclic) bond motifs is 3. The van der Waals surface area contributed by atoms with Gasteiger partial charge in [-0.25, -0.2) is 0 Å². The van der Waals surface area contributed by atoms with Crippen molar-refractivity contribution in [2.45, 2.75) is 29.5 Å². The van der Waals surface area contributed by atoms with E-state index in [1.165, 1.54) is 16.7 Å². The lowest BCUT2D eigenvalue weighted by Crippen LogP contribution is -2.54. The van der Waals surface area contributed by atoms with Gasteiger partial charge in [-0.3, -0.25) is 19.3 Å². The molecule has 1 N–H and O–H groups in total. The van der Waals surface area contributed by atoms with Gasteiger partial charge in [-0.2, -0.15) is 0 Å². The second kappa shape index (κ2) is 5.31. The van der Waals surface area contributed by atoms with Crippen molar-refractivity contribution in [2.24, 2.45) is 0 Å². The van der Waals surface area contributed by atoms with Crippen LogP contribution in [0.3, 0.4) is 0 Å². The Balaban J connectivity index is 2.00. The van der Waals surface area contributed by atoms with Gasteiger partial charge in [-0.1, -0.05) is 23.9 Å².